The summed E-state index contributed by atoms with van der Waals surface area (Å²) in [4.78, 5) is 0. The third-order valence-corrected chi connectivity index (χ3v) is 1.64. The Morgan fingerprint density at radius 3 is 3.00 bits per heavy atom. The molecule has 1 aromatic heterocycles. The summed E-state index contributed by atoms with van der Waals surface area (Å²) in [7, 11) is 0. The van der Waals surface area contributed by atoms with Crippen LogP contribution in [0.2, 0.25) is 0 Å². The van der Waals surface area contributed by atoms with Gasteiger partial charge >= 0.3 is 0 Å². The Balaban J connectivity index is 2.14. The number of H-pyrrole nitrogens is 1. The van der Waals surface area contributed by atoms with Crippen molar-refractivity contribution < 1.29 is 0 Å². The first-order valence-corrected chi connectivity index (χ1v) is 3.09. The summed E-state index contributed by atoms with van der Waals surface area (Å²) < 4.78 is 0. The molecule has 2 heterocycles. The zero-order valence-electron chi connectivity index (χ0n) is 5.02. The highest BCUT2D eigenvalue weighted by Gasteiger charge is 2.20. The number of hydrogen-bond donors (Lipinski definition) is 2. The molecule has 0 bridgehead atoms. The molecule has 1 aromatic rings. The minimum Gasteiger partial charge on any atom is -0.315 e. The Bertz CT molecular complexity index is 176. The van der Waals surface area contributed by atoms with E-state index in [4.69, 9.17) is 0 Å². The van der Waals surface area contributed by atoms with Crippen molar-refractivity contribution in [3.05, 3.63) is 18.0 Å². The molecule has 0 saturated carbocycles. The van der Waals surface area contributed by atoms with Crippen LogP contribution in [0.15, 0.2) is 6.20 Å². The second kappa shape index (κ2) is 1.84. The van der Waals surface area contributed by atoms with E-state index in [0.29, 0.717) is 5.92 Å². The molecule has 0 unspecified atom stereocenters. The van der Waals surface area contributed by atoms with Crippen LogP contribution < -0.4 is 5.32 Å². The molecule has 0 aliphatic carbocycles. The molecule has 1 fully saturated rings. The summed E-state index contributed by atoms with van der Waals surface area (Å²) in [5, 5.41) is 9.94. The van der Waals surface area contributed by atoms with E-state index in [-0.39, 0.29) is 0 Å². The fraction of sp³-hybridized carbons (Fsp3) is 0.500. The van der Waals surface area contributed by atoms with Crippen molar-refractivity contribution in [2.24, 2.45) is 0 Å². The van der Waals surface area contributed by atoms with Gasteiger partial charge in [-0.15, -0.1) is 0 Å². The molecule has 0 aromatic carbocycles. The van der Waals surface area contributed by atoms with Crippen molar-refractivity contribution in [1.29, 1.82) is 0 Å². The lowest BCUT2D eigenvalue weighted by molar-refractivity contribution is 0.439. The van der Waals surface area contributed by atoms with Crippen LogP contribution in [0.25, 0.3) is 0 Å². The normalized spacial score (nSPS) is 19.6. The van der Waals surface area contributed by atoms with Gasteiger partial charge in [0.1, 0.15) is 0 Å². The summed E-state index contributed by atoms with van der Waals surface area (Å²) in [5.74, 6) is 0.608. The summed E-state index contributed by atoms with van der Waals surface area (Å²) in [6, 6.07) is 3.03. The van der Waals surface area contributed by atoms with Gasteiger partial charge in [0.25, 0.3) is 0 Å². The highest BCUT2D eigenvalue weighted by atomic mass is 15.1. The Kier molecular flexibility index (Phi) is 1.02. The van der Waals surface area contributed by atoms with E-state index in [0.717, 1.165) is 18.8 Å². The molecule has 0 spiro atoms. The molecule has 0 amide bonds. The van der Waals surface area contributed by atoms with Gasteiger partial charge in [0.15, 0.2) is 0 Å². The van der Waals surface area contributed by atoms with E-state index < -0.39 is 0 Å². The number of aromatic nitrogens is 2. The Morgan fingerprint density at radius 1 is 1.67 bits per heavy atom. The minimum atomic E-state index is 0.608. The van der Waals surface area contributed by atoms with Crippen LogP contribution >= 0.6 is 0 Å². The van der Waals surface area contributed by atoms with Gasteiger partial charge < -0.3 is 5.32 Å². The number of aromatic amines is 1. The molecule has 1 radical (unpaired) electrons. The lowest BCUT2D eigenvalue weighted by atomic mass is 10.0. The average Bonchev–Trinajstić information content (AvgIpc) is 2.11. The molecule has 3 nitrogen and oxygen atoms in total. The van der Waals surface area contributed by atoms with Gasteiger partial charge in [0.05, 0.1) is 5.69 Å². The van der Waals surface area contributed by atoms with Crippen LogP contribution in [-0.2, 0) is 0 Å². The Morgan fingerprint density at radius 2 is 2.56 bits per heavy atom. The molecule has 9 heavy (non-hydrogen) atoms. The van der Waals surface area contributed by atoms with Gasteiger partial charge in [-0.3, -0.25) is 5.10 Å². The SMILES string of the molecule is [c]1c[nH]nc1C1CNC1. The fourth-order valence-electron chi connectivity index (χ4n) is 0.931. The van der Waals surface area contributed by atoms with Crippen molar-refractivity contribution in [2.45, 2.75) is 5.92 Å². The molecule has 0 atom stereocenters. The maximum Gasteiger partial charge on any atom is 0.0757 e. The lowest BCUT2D eigenvalue weighted by Gasteiger charge is -2.24. The van der Waals surface area contributed by atoms with Crippen molar-refractivity contribution in [2.75, 3.05) is 13.1 Å². The Hall–Kier alpha value is -0.830. The molecule has 1 aliphatic heterocycles. The largest absolute Gasteiger partial charge is 0.315 e. The van der Waals surface area contributed by atoms with E-state index in [9.17, 15) is 0 Å². The van der Waals surface area contributed by atoms with Gasteiger partial charge in [-0.1, -0.05) is 0 Å². The lowest BCUT2D eigenvalue weighted by Crippen LogP contribution is -2.40. The van der Waals surface area contributed by atoms with Crippen LogP contribution in [0.1, 0.15) is 11.6 Å². The standard InChI is InChI=1S/C6H8N3/c1-2-8-9-6(1)5-3-7-4-5/h2,5,7H,3-4H2,(H,8,9). The van der Waals surface area contributed by atoms with E-state index in [1.165, 1.54) is 0 Å². The molecule has 47 valence electrons. The molecular formula is C6H8N3. The van der Waals surface area contributed by atoms with Crippen LogP contribution in [0.5, 0.6) is 0 Å². The maximum atomic E-state index is 4.02. The van der Waals surface area contributed by atoms with Crippen LogP contribution in [0.4, 0.5) is 0 Å². The highest BCUT2D eigenvalue weighted by Crippen LogP contribution is 2.14. The van der Waals surface area contributed by atoms with Gasteiger partial charge in [0, 0.05) is 31.3 Å². The first-order valence-electron chi connectivity index (χ1n) is 3.09. The molecule has 1 saturated heterocycles. The van der Waals surface area contributed by atoms with Crippen LogP contribution in [0, 0.1) is 6.07 Å². The number of rotatable bonds is 1. The topological polar surface area (TPSA) is 40.7 Å². The summed E-state index contributed by atoms with van der Waals surface area (Å²) >= 11 is 0. The summed E-state index contributed by atoms with van der Waals surface area (Å²) in [5.41, 5.74) is 1.06. The predicted molar refractivity (Wildman–Crippen MR) is 33.0 cm³/mol. The third-order valence-electron chi connectivity index (χ3n) is 1.64. The van der Waals surface area contributed by atoms with Gasteiger partial charge in [-0.25, -0.2) is 0 Å². The van der Waals surface area contributed by atoms with E-state index >= 15 is 0 Å². The highest BCUT2D eigenvalue weighted by molar-refractivity contribution is 5.08. The number of nitrogens with zero attached hydrogens (tertiary/aromatic N) is 1. The minimum absolute atomic E-state index is 0.608. The quantitative estimate of drug-likeness (QED) is 0.546. The van der Waals surface area contributed by atoms with Crippen molar-refractivity contribution in [1.82, 2.24) is 15.5 Å². The van der Waals surface area contributed by atoms with E-state index in [1.807, 2.05) is 0 Å². The Labute approximate surface area is 53.5 Å². The van der Waals surface area contributed by atoms with Crippen LogP contribution in [0.3, 0.4) is 0 Å². The number of nitrogens with one attached hydrogen (secondary N) is 2. The summed E-state index contributed by atoms with van der Waals surface area (Å²) in [6.45, 7) is 2.11. The molecular weight excluding hydrogens is 114 g/mol. The van der Waals surface area contributed by atoms with Crippen molar-refractivity contribution >= 4 is 0 Å². The van der Waals surface area contributed by atoms with Gasteiger partial charge in [0.2, 0.25) is 0 Å². The smallest absolute Gasteiger partial charge is 0.0757 e. The fourth-order valence-corrected chi connectivity index (χ4v) is 0.931. The van der Waals surface area contributed by atoms with E-state index in [1.54, 1.807) is 6.20 Å². The third kappa shape index (κ3) is 0.733. The average molecular weight is 122 g/mol. The molecule has 2 rings (SSSR count). The zero-order chi connectivity index (χ0) is 6.10. The number of hydrogen-bond acceptors (Lipinski definition) is 2. The van der Waals surface area contributed by atoms with Crippen molar-refractivity contribution in [3.63, 3.8) is 0 Å². The first kappa shape index (κ1) is 4.99. The zero-order valence-corrected chi connectivity index (χ0v) is 5.02. The van der Waals surface area contributed by atoms with Gasteiger partial charge in [-0.05, 0) is 0 Å². The second-order valence-corrected chi connectivity index (χ2v) is 2.27. The van der Waals surface area contributed by atoms with Crippen LogP contribution in [-0.4, -0.2) is 23.3 Å². The predicted octanol–water partition coefficient (Wildman–Crippen LogP) is -0.103. The molecule has 3 heteroatoms. The van der Waals surface area contributed by atoms with E-state index in [2.05, 4.69) is 21.6 Å². The second-order valence-electron chi connectivity index (χ2n) is 2.27. The molecule has 1 aliphatic rings. The first-order chi connectivity index (χ1) is 4.47. The monoisotopic (exact) mass is 122 g/mol. The summed E-state index contributed by atoms with van der Waals surface area (Å²) in [6.07, 6.45) is 1.74. The maximum absolute atomic E-state index is 4.02. The van der Waals surface area contributed by atoms with Gasteiger partial charge in [-0.2, -0.15) is 5.10 Å². The molecule has 2 N–H and O–H groups in total. The van der Waals surface area contributed by atoms with Crippen molar-refractivity contribution in [3.8, 4) is 0 Å².